The van der Waals surface area contributed by atoms with Crippen molar-refractivity contribution in [3.63, 3.8) is 0 Å². The number of benzene rings is 1. The van der Waals surface area contributed by atoms with Crippen LogP contribution in [-0.2, 0) is 4.79 Å². The number of aryl methyl sites for hydroxylation is 2. The van der Waals surface area contributed by atoms with Gasteiger partial charge >= 0.3 is 0 Å². The summed E-state index contributed by atoms with van der Waals surface area (Å²) in [5.74, 6) is 0.378. The summed E-state index contributed by atoms with van der Waals surface area (Å²) in [7, 11) is 0. The summed E-state index contributed by atoms with van der Waals surface area (Å²) in [4.78, 5) is 15.8. The van der Waals surface area contributed by atoms with Gasteiger partial charge in [-0.05, 0) is 50.1 Å². The maximum absolute atomic E-state index is 11.8. The number of amides is 1. The van der Waals surface area contributed by atoms with Crippen LogP contribution in [0.2, 0.25) is 0 Å². The summed E-state index contributed by atoms with van der Waals surface area (Å²) in [6.45, 7) is 5.71. The number of pyridine rings is 1. The zero-order chi connectivity index (χ0) is 15.9. The molecule has 0 aliphatic rings. The fourth-order valence-corrected chi connectivity index (χ4v) is 1.98. The zero-order valence-corrected chi connectivity index (χ0v) is 13.0. The molecule has 0 aliphatic heterocycles. The number of nitrogens with zero attached hydrogens (tertiary/aromatic N) is 2. The third kappa shape index (κ3) is 4.70. The maximum Gasteiger partial charge on any atom is 0.277 e. The van der Waals surface area contributed by atoms with Gasteiger partial charge in [0, 0.05) is 18.0 Å². The number of ether oxygens (including phenoxy) is 1. The first-order valence-corrected chi connectivity index (χ1v) is 6.99. The number of nitrogens with one attached hydrogen (secondary N) is 1. The van der Waals surface area contributed by atoms with Crippen molar-refractivity contribution < 1.29 is 9.53 Å². The van der Waals surface area contributed by atoms with E-state index in [1.165, 1.54) is 0 Å². The van der Waals surface area contributed by atoms with Crippen molar-refractivity contribution in [3.05, 3.63) is 59.4 Å². The van der Waals surface area contributed by atoms with E-state index in [0.29, 0.717) is 11.5 Å². The molecule has 1 aromatic heterocycles. The van der Waals surface area contributed by atoms with Crippen molar-refractivity contribution in [2.24, 2.45) is 5.10 Å². The highest BCUT2D eigenvalue weighted by Gasteiger charge is 2.04. The molecule has 1 N–H and O–H groups in total. The second kappa shape index (κ2) is 7.36. The minimum atomic E-state index is -0.303. The molecule has 114 valence electrons. The van der Waals surface area contributed by atoms with Crippen LogP contribution >= 0.6 is 0 Å². The summed E-state index contributed by atoms with van der Waals surface area (Å²) in [5, 5.41) is 4.04. The molecular formula is C17H19N3O2. The van der Waals surface area contributed by atoms with Gasteiger partial charge in [-0.1, -0.05) is 12.1 Å². The van der Waals surface area contributed by atoms with Crippen molar-refractivity contribution in [3.8, 4) is 5.75 Å². The Kier molecular flexibility index (Phi) is 5.25. The summed E-state index contributed by atoms with van der Waals surface area (Å²) < 4.78 is 5.47. The van der Waals surface area contributed by atoms with Crippen LogP contribution in [0.3, 0.4) is 0 Å². The van der Waals surface area contributed by atoms with Gasteiger partial charge in [-0.3, -0.25) is 9.78 Å². The highest BCUT2D eigenvalue weighted by molar-refractivity contribution is 5.98. The molecular weight excluding hydrogens is 278 g/mol. The molecule has 0 saturated heterocycles. The molecule has 2 rings (SSSR count). The first-order chi connectivity index (χ1) is 10.5. The van der Waals surface area contributed by atoms with E-state index in [1.54, 1.807) is 12.4 Å². The van der Waals surface area contributed by atoms with Gasteiger partial charge in [0.2, 0.25) is 0 Å². The Morgan fingerprint density at radius 2 is 2.00 bits per heavy atom. The average Bonchev–Trinajstić information content (AvgIpc) is 2.50. The van der Waals surface area contributed by atoms with Crippen molar-refractivity contribution in [2.45, 2.75) is 20.8 Å². The van der Waals surface area contributed by atoms with Gasteiger partial charge < -0.3 is 4.74 Å². The Balaban J connectivity index is 1.88. The van der Waals surface area contributed by atoms with Gasteiger partial charge in [-0.2, -0.15) is 5.10 Å². The third-order valence-electron chi connectivity index (χ3n) is 2.99. The average molecular weight is 297 g/mol. The highest BCUT2D eigenvalue weighted by atomic mass is 16.5. The molecule has 5 heteroatoms. The van der Waals surface area contributed by atoms with E-state index in [0.717, 1.165) is 16.7 Å². The standard InChI is InChI=1S/C17H19N3O2/c1-12-7-13(2)9-16(8-12)22-11-17(21)20-19-14(3)15-5-4-6-18-10-15/h4-10H,11H2,1-3H3,(H,20,21)/b19-14-. The second-order valence-corrected chi connectivity index (χ2v) is 5.09. The van der Waals surface area contributed by atoms with Crippen molar-refractivity contribution in [1.29, 1.82) is 0 Å². The summed E-state index contributed by atoms with van der Waals surface area (Å²) in [6.07, 6.45) is 3.38. The molecule has 1 heterocycles. The van der Waals surface area contributed by atoms with Crippen molar-refractivity contribution in [2.75, 3.05) is 6.61 Å². The van der Waals surface area contributed by atoms with E-state index in [-0.39, 0.29) is 12.5 Å². The van der Waals surface area contributed by atoms with Crippen LogP contribution in [0.4, 0.5) is 0 Å². The number of carbonyl (C=O) groups excluding carboxylic acids is 1. The monoisotopic (exact) mass is 297 g/mol. The molecule has 0 aliphatic carbocycles. The van der Waals surface area contributed by atoms with Crippen LogP contribution in [0.15, 0.2) is 47.8 Å². The largest absolute Gasteiger partial charge is 0.484 e. The van der Waals surface area contributed by atoms with E-state index < -0.39 is 0 Å². The molecule has 0 atom stereocenters. The molecule has 22 heavy (non-hydrogen) atoms. The number of carbonyl (C=O) groups is 1. The van der Waals surface area contributed by atoms with Crippen LogP contribution in [-0.4, -0.2) is 23.2 Å². The number of hydrogen-bond acceptors (Lipinski definition) is 4. The first-order valence-electron chi connectivity index (χ1n) is 6.99. The Morgan fingerprint density at radius 1 is 1.27 bits per heavy atom. The molecule has 0 fully saturated rings. The van der Waals surface area contributed by atoms with Gasteiger partial charge in [-0.25, -0.2) is 5.43 Å². The Bertz CT molecular complexity index is 661. The molecule has 1 amide bonds. The van der Waals surface area contributed by atoms with Gasteiger partial charge in [-0.15, -0.1) is 0 Å². The lowest BCUT2D eigenvalue weighted by Crippen LogP contribution is -2.25. The number of aromatic nitrogens is 1. The Hall–Kier alpha value is -2.69. The van der Waals surface area contributed by atoms with E-state index in [4.69, 9.17) is 4.74 Å². The first kappa shape index (κ1) is 15.7. The quantitative estimate of drug-likeness (QED) is 0.681. The number of hydrazone groups is 1. The highest BCUT2D eigenvalue weighted by Crippen LogP contribution is 2.15. The van der Waals surface area contributed by atoms with E-state index in [2.05, 4.69) is 21.6 Å². The third-order valence-corrected chi connectivity index (χ3v) is 2.99. The maximum atomic E-state index is 11.8. The molecule has 2 aromatic rings. The normalized spacial score (nSPS) is 11.1. The SMILES string of the molecule is C/C(=N/NC(=O)COc1cc(C)cc(C)c1)c1cccnc1. The summed E-state index contributed by atoms with van der Waals surface area (Å²) >= 11 is 0. The minimum absolute atomic E-state index is 0.0767. The lowest BCUT2D eigenvalue weighted by Gasteiger charge is -2.07. The van der Waals surface area contributed by atoms with E-state index in [9.17, 15) is 4.79 Å². The zero-order valence-electron chi connectivity index (χ0n) is 13.0. The number of hydrogen-bond donors (Lipinski definition) is 1. The van der Waals surface area contributed by atoms with E-state index in [1.807, 2.05) is 45.0 Å². The molecule has 0 radical (unpaired) electrons. The lowest BCUT2D eigenvalue weighted by atomic mass is 10.1. The van der Waals surface area contributed by atoms with Crippen molar-refractivity contribution >= 4 is 11.6 Å². The summed E-state index contributed by atoms with van der Waals surface area (Å²) in [6, 6.07) is 9.53. The molecule has 5 nitrogen and oxygen atoms in total. The van der Waals surface area contributed by atoms with Crippen LogP contribution < -0.4 is 10.2 Å². The van der Waals surface area contributed by atoms with Crippen LogP contribution in [0, 0.1) is 13.8 Å². The Morgan fingerprint density at radius 3 is 2.64 bits per heavy atom. The van der Waals surface area contributed by atoms with Crippen LogP contribution in [0.1, 0.15) is 23.6 Å². The van der Waals surface area contributed by atoms with E-state index >= 15 is 0 Å². The minimum Gasteiger partial charge on any atom is -0.484 e. The van der Waals surface area contributed by atoms with Gasteiger partial charge in [0.15, 0.2) is 6.61 Å². The fourth-order valence-electron chi connectivity index (χ4n) is 1.98. The Labute approximate surface area is 130 Å². The molecule has 0 spiro atoms. The van der Waals surface area contributed by atoms with Gasteiger partial charge in [0.25, 0.3) is 5.91 Å². The van der Waals surface area contributed by atoms with Crippen molar-refractivity contribution in [1.82, 2.24) is 10.4 Å². The molecule has 1 aromatic carbocycles. The number of rotatable bonds is 5. The van der Waals surface area contributed by atoms with Crippen LogP contribution in [0.25, 0.3) is 0 Å². The molecule has 0 unspecified atom stereocenters. The predicted molar refractivity (Wildman–Crippen MR) is 86.0 cm³/mol. The van der Waals surface area contributed by atoms with Gasteiger partial charge in [0.05, 0.1) is 5.71 Å². The fraction of sp³-hybridized carbons (Fsp3) is 0.235. The smallest absolute Gasteiger partial charge is 0.277 e. The molecule has 0 saturated carbocycles. The summed E-state index contributed by atoms with van der Waals surface area (Å²) in [5.41, 5.74) is 6.22. The lowest BCUT2D eigenvalue weighted by molar-refractivity contribution is -0.123. The van der Waals surface area contributed by atoms with Crippen LogP contribution in [0.5, 0.6) is 5.75 Å². The molecule has 0 bridgehead atoms. The topological polar surface area (TPSA) is 63.6 Å². The predicted octanol–water partition coefficient (Wildman–Crippen LogP) is 2.62. The second-order valence-electron chi connectivity index (χ2n) is 5.09. The van der Waals surface area contributed by atoms with Gasteiger partial charge in [0.1, 0.15) is 5.75 Å².